The summed E-state index contributed by atoms with van der Waals surface area (Å²) in [4.78, 5) is 17.6. The van der Waals surface area contributed by atoms with Crippen molar-refractivity contribution < 1.29 is 4.79 Å². The fourth-order valence-corrected chi connectivity index (χ4v) is 3.14. The number of H-pyrrole nitrogens is 1. The van der Waals surface area contributed by atoms with Crippen molar-refractivity contribution in [1.82, 2.24) is 4.98 Å². The normalized spacial score (nSPS) is 12.3. The van der Waals surface area contributed by atoms with Gasteiger partial charge in [-0.15, -0.1) is 0 Å². The standard InChI is InChI=1S/C20H23N3O/c1-13-8-14(2)10-16(9-13)23(3)20(24)18(21)11-15-12-22-19-7-5-4-6-17(15)19/h4-10,12,18,22H,11,21H2,1-3H3/t18-/m0/s1. The minimum atomic E-state index is -0.574. The highest BCUT2D eigenvalue weighted by molar-refractivity contribution is 5.97. The molecule has 0 aliphatic heterocycles. The minimum absolute atomic E-state index is 0.0784. The second-order valence-corrected chi connectivity index (χ2v) is 6.41. The maximum absolute atomic E-state index is 12.7. The molecule has 0 radical (unpaired) electrons. The van der Waals surface area contributed by atoms with Gasteiger partial charge in [-0.25, -0.2) is 0 Å². The van der Waals surface area contributed by atoms with E-state index in [2.05, 4.69) is 11.1 Å². The van der Waals surface area contributed by atoms with Gasteiger partial charge in [0.2, 0.25) is 5.91 Å². The number of hydrogen-bond acceptors (Lipinski definition) is 2. The lowest BCUT2D eigenvalue weighted by molar-refractivity contribution is -0.119. The lowest BCUT2D eigenvalue weighted by atomic mass is 10.0. The van der Waals surface area contributed by atoms with Crippen LogP contribution in [0.5, 0.6) is 0 Å². The first-order valence-electron chi connectivity index (χ1n) is 8.12. The molecule has 0 fully saturated rings. The third kappa shape index (κ3) is 3.19. The molecule has 3 aromatic rings. The van der Waals surface area contributed by atoms with Gasteiger partial charge in [0.15, 0.2) is 0 Å². The van der Waals surface area contributed by atoms with Gasteiger partial charge >= 0.3 is 0 Å². The number of aromatic nitrogens is 1. The summed E-state index contributed by atoms with van der Waals surface area (Å²) in [5.41, 5.74) is 11.5. The van der Waals surface area contributed by atoms with Gasteiger partial charge in [-0.3, -0.25) is 4.79 Å². The van der Waals surface area contributed by atoms with Crippen molar-refractivity contribution in [2.24, 2.45) is 5.73 Å². The first-order valence-corrected chi connectivity index (χ1v) is 8.12. The number of likely N-dealkylation sites (N-methyl/N-ethyl adjacent to an activating group) is 1. The third-order valence-corrected chi connectivity index (χ3v) is 4.36. The molecule has 24 heavy (non-hydrogen) atoms. The van der Waals surface area contributed by atoms with Gasteiger partial charge in [0.25, 0.3) is 0 Å². The van der Waals surface area contributed by atoms with Crippen LogP contribution in [0.25, 0.3) is 10.9 Å². The van der Waals surface area contributed by atoms with E-state index >= 15 is 0 Å². The van der Waals surface area contributed by atoms with E-state index in [1.165, 1.54) is 0 Å². The number of para-hydroxylation sites is 1. The van der Waals surface area contributed by atoms with Crippen LogP contribution in [-0.4, -0.2) is 24.0 Å². The second-order valence-electron chi connectivity index (χ2n) is 6.41. The van der Waals surface area contributed by atoms with E-state index in [0.29, 0.717) is 6.42 Å². The molecular weight excluding hydrogens is 298 g/mol. The molecule has 4 nitrogen and oxygen atoms in total. The van der Waals surface area contributed by atoms with Crippen molar-refractivity contribution >= 4 is 22.5 Å². The van der Waals surface area contributed by atoms with E-state index in [1.54, 1.807) is 11.9 Å². The Hall–Kier alpha value is -2.59. The summed E-state index contributed by atoms with van der Waals surface area (Å²) in [6.45, 7) is 4.06. The zero-order valence-electron chi connectivity index (χ0n) is 14.3. The molecule has 3 N–H and O–H groups in total. The Balaban J connectivity index is 1.79. The number of aryl methyl sites for hydroxylation is 2. The summed E-state index contributed by atoms with van der Waals surface area (Å²) < 4.78 is 0. The largest absolute Gasteiger partial charge is 0.361 e. The molecular formula is C20H23N3O. The van der Waals surface area contributed by atoms with Gasteiger partial charge in [0.05, 0.1) is 6.04 Å². The van der Waals surface area contributed by atoms with Crippen LogP contribution in [0.2, 0.25) is 0 Å². The van der Waals surface area contributed by atoms with Crippen LogP contribution >= 0.6 is 0 Å². The number of nitrogens with zero attached hydrogens (tertiary/aromatic N) is 1. The lowest BCUT2D eigenvalue weighted by Crippen LogP contribution is -2.43. The van der Waals surface area contributed by atoms with Gasteiger partial charge in [0, 0.05) is 29.8 Å². The molecule has 0 unspecified atom stereocenters. The number of aromatic amines is 1. The zero-order chi connectivity index (χ0) is 17.3. The first kappa shape index (κ1) is 16.3. The molecule has 2 aromatic carbocycles. The monoisotopic (exact) mass is 321 g/mol. The predicted octanol–water partition coefficient (Wildman–Crippen LogP) is 3.32. The zero-order valence-corrected chi connectivity index (χ0v) is 14.3. The maximum atomic E-state index is 12.7. The second kappa shape index (κ2) is 6.49. The highest BCUT2D eigenvalue weighted by Gasteiger charge is 2.21. The Morgan fingerprint density at radius 2 is 1.83 bits per heavy atom. The summed E-state index contributed by atoms with van der Waals surface area (Å²) in [6, 6.07) is 13.6. The van der Waals surface area contributed by atoms with Crippen LogP contribution in [0, 0.1) is 13.8 Å². The molecule has 0 saturated carbocycles. The van der Waals surface area contributed by atoms with Crippen LogP contribution < -0.4 is 10.6 Å². The average molecular weight is 321 g/mol. The molecule has 0 aliphatic carbocycles. The Morgan fingerprint density at radius 3 is 2.54 bits per heavy atom. The molecule has 0 bridgehead atoms. The van der Waals surface area contributed by atoms with Crippen molar-refractivity contribution in [3.63, 3.8) is 0 Å². The molecule has 1 heterocycles. The van der Waals surface area contributed by atoms with Crippen LogP contribution in [-0.2, 0) is 11.2 Å². The van der Waals surface area contributed by atoms with Crippen molar-refractivity contribution in [1.29, 1.82) is 0 Å². The predicted molar refractivity (Wildman–Crippen MR) is 99.3 cm³/mol. The highest BCUT2D eigenvalue weighted by atomic mass is 16.2. The van der Waals surface area contributed by atoms with E-state index in [9.17, 15) is 4.79 Å². The summed E-state index contributed by atoms with van der Waals surface area (Å²) in [5.74, 6) is -0.0784. The number of carbonyl (C=O) groups is 1. The lowest BCUT2D eigenvalue weighted by Gasteiger charge is -2.22. The number of rotatable bonds is 4. The van der Waals surface area contributed by atoms with Crippen molar-refractivity contribution in [2.75, 3.05) is 11.9 Å². The summed E-state index contributed by atoms with van der Waals surface area (Å²) >= 11 is 0. The third-order valence-electron chi connectivity index (χ3n) is 4.36. The Kier molecular flexibility index (Phi) is 4.40. The summed E-state index contributed by atoms with van der Waals surface area (Å²) in [5, 5.41) is 1.12. The highest BCUT2D eigenvalue weighted by Crippen LogP contribution is 2.21. The fourth-order valence-electron chi connectivity index (χ4n) is 3.14. The Morgan fingerprint density at radius 1 is 1.17 bits per heavy atom. The van der Waals surface area contributed by atoms with E-state index in [4.69, 9.17) is 5.73 Å². The van der Waals surface area contributed by atoms with E-state index in [-0.39, 0.29) is 5.91 Å². The van der Waals surface area contributed by atoms with Crippen molar-refractivity contribution in [3.8, 4) is 0 Å². The molecule has 3 rings (SSSR count). The molecule has 1 atom stereocenters. The first-order chi connectivity index (χ1) is 11.5. The number of anilines is 1. The molecule has 124 valence electrons. The number of carbonyl (C=O) groups excluding carboxylic acids is 1. The minimum Gasteiger partial charge on any atom is -0.361 e. The smallest absolute Gasteiger partial charge is 0.243 e. The number of nitrogens with two attached hydrogens (primary N) is 1. The number of amides is 1. The van der Waals surface area contributed by atoms with Crippen LogP contribution in [0.1, 0.15) is 16.7 Å². The van der Waals surface area contributed by atoms with Crippen LogP contribution in [0.4, 0.5) is 5.69 Å². The van der Waals surface area contributed by atoms with Gasteiger partial charge in [-0.05, 0) is 55.2 Å². The average Bonchev–Trinajstić information content (AvgIpc) is 2.95. The molecule has 0 saturated heterocycles. The number of fused-ring (bicyclic) bond motifs is 1. The van der Waals surface area contributed by atoms with E-state index in [1.807, 2.05) is 56.4 Å². The Labute approximate surface area is 142 Å². The van der Waals surface area contributed by atoms with E-state index < -0.39 is 6.04 Å². The van der Waals surface area contributed by atoms with Gasteiger partial charge in [0.1, 0.15) is 0 Å². The van der Waals surface area contributed by atoms with Gasteiger partial charge in [-0.1, -0.05) is 24.3 Å². The summed E-state index contributed by atoms with van der Waals surface area (Å²) in [6.07, 6.45) is 2.45. The van der Waals surface area contributed by atoms with E-state index in [0.717, 1.165) is 33.3 Å². The quantitative estimate of drug-likeness (QED) is 0.774. The molecule has 1 amide bonds. The molecule has 0 aliphatic rings. The van der Waals surface area contributed by atoms with Gasteiger partial charge in [-0.2, -0.15) is 0 Å². The molecule has 0 spiro atoms. The summed E-state index contributed by atoms with van der Waals surface area (Å²) in [7, 11) is 1.78. The maximum Gasteiger partial charge on any atom is 0.243 e. The van der Waals surface area contributed by atoms with Gasteiger partial charge < -0.3 is 15.6 Å². The Bertz CT molecular complexity index is 861. The van der Waals surface area contributed by atoms with Crippen LogP contribution in [0.3, 0.4) is 0 Å². The molecule has 1 aromatic heterocycles. The SMILES string of the molecule is Cc1cc(C)cc(N(C)C(=O)[C@@H](N)Cc2c[nH]c3ccccc23)c1. The number of benzene rings is 2. The topological polar surface area (TPSA) is 62.1 Å². The number of hydrogen-bond donors (Lipinski definition) is 2. The van der Waals surface area contributed by atoms with Crippen LogP contribution in [0.15, 0.2) is 48.7 Å². The van der Waals surface area contributed by atoms with Crippen molar-refractivity contribution in [2.45, 2.75) is 26.3 Å². The molecule has 4 heteroatoms. The van der Waals surface area contributed by atoms with Crippen molar-refractivity contribution in [3.05, 3.63) is 65.4 Å². The number of nitrogens with one attached hydrogen (secondary N) is 1. The fraction of sp³-hybridized carbons (Fsp3) is 0.250.